The predicted octanol–water partition coefficient (Wildman–Crippen LogP) is 2.70. The lowest BCUT2D eigenvalue weighted by atomic mass is 9.63. The summed E-state index contributed by atoms with van der Waals surface area (Å²) in [5, 5.41) is 10.9. The SMILES string of the molecule is CC(C)(C)OC(=O)NC(C(=O)O)C1(C(F)(F)F)CCC1. The van der Waals surface area contributed by atoms with Gasteiger partial charge in [0.05, 0.1) is 5.41 Å². The van der Waals surface area contributed by atoms with Crippen LogP contribution in [0.5, 0.6) is 0 Å². The minimum absolute atomic E-state index is 0.277. The summed E-state index contributed by atoms with van der Waals surface area (Å²) < 4.78 is 44.1. The average molecular weight is 297 g/mol. The lowest BCUT2D eigenvalue weighted by molar-refractivity contribution is -0.261. The van der Waals surface area contributed by atoms with Crippen LogP contribution in [-0.2, 0) is 9.53 Å². The number of alkyl halides is 3. The molecule has 0 aliphatic heterocycles. The van der Waals surface area contributed by atoms with E-state index in [0.29, 0.717) is 0 Å². The fourth-order valence-corrected chi connectivity index (χ4v) is 2.16. The molecule has 1 aliphatic carbocycles. The number of carboxylic acids is 1. The monoisotopic (exact) mass is 297 g/mol. The van der Waals surface area contributed by atoms with Crippen LogP contribution in [0.1, 0.15) is 40.0 Å². The van der Waals surface area contributed by atoms with E-state index in [1.807, 2.05) is 5.32 Å². The highest BCUT2D eigenvalue weighted by Gasteiger charge is 2.65. The quantitative estimate of drug-likeness (QED) is 0.839. The Bertz CT molecular complexity index is 396. The van der Waals surface area contributed by atoms with Gasteiger partial charge in [-0.2, -0.15) is 13.2 Å². The van der Waals surface area contributed by atoms with Crippen molar-refractivity contribution in [1.82, 2.24) is 5.32 Å². The highest BCUT2D eigenvalue weighted by molar-refractivity contribution is 5.81. The van der Waals surface area contributed by atoms with Crippen molar-refractivity contribution < 1.29 is 32.6 Å². The number of carboxylic acid groups (broad SMARTS) is 1. The number of carbonyl (C=O) groups is 2. The molecule has 0 bridgehead atoms. The fourth-order valence-electron chi connectivity index (χ4n) is 2.16. The Kier molecular flexibility index (Phi) is 4.26. The van der Waals surface area contributed by atoms with Crippen LogP contribution in [-0.4, -0.2) is 35.0 Å². The standard InChI is InChI=1S/C12H18F3NO4/c1-10(2,3)20-9(19)16-7(8(17)18)11(5-4-6-11)12(13,14)15/h7H,4-6H2,1-3H3,(H,16,19)(H,17,18). The minimum atomic E-state index is -4.69. The average Bonchev–Trinajstić information content (AvgIpc) is 2.08. The molecule has 1 saturated carbocycles. The summed E-state index contributed by atoms with van der Waals surface area (Å²) in [7, 11) is 0. The van der Waals surface area contributed by atoms with Gasteiger partial charge in [-0.15, -0.1) is 0 Å². The molecule has 1 atom stereocenters. The molecule has 0 aromatic rings. The van der Waals surface area contributed by atoms with Crippen LogP contribution in [0.4, 0.5) is 18.0 Å². The van der Waals surface area contributed by atoms with Crippen LogP contribution in [0.3, 0.4) is 0 Å². The van der Waals surface area contributed by atoms with E-state index in [-0.39, 0.29) is 19.3 Å². The highest BCUT2D eigenvalue weighted by Crippen LogP contribution is 2.55. The summed E-state index contributed by atoms with van der Waals surface area (Å²) in [6.07, 6.45) is -6.21. The Labute approximate surface area is 114 Å². The van der Waals surface area contributed by atoms with E-state index in [9.17, 15) is 22.8 Å². The Morgan fingerprint density at radius 2 is 1.75 bits per heavy atom. The number of carbonyl (C=O) groups excluding carboxylic acids is 1. The first-order chi connectivity index (χ1) is 8.89. The normalized spacial score (nSPS) is 19.7. The molecule has 116 valence electrons. The van der Waals surface area contributed by atoms with Crippen molar-refractivity contribution in [3.05, 3.63) is 0 Å². The summed E-state index contributed by atoms with van der Waals surface area (Å²) in [4.78, 5) is 22.6. The van der Waals surface area contributed by atoms with Gasteiger partial charge in [-0.05, 0) is 33.6 Å². The topological polar surface area (TPSA) is 75.6 Å². The van der Waals surface area contributed by atoms with E-state index in [1.54, 1.807) is 0 Å². The van der Waals surface area contributed by atoms with Gasteiger partial charge in [0.15, 0.2) is 0 Å². The van der Waals surface area contributed by atoms with Gasteiger partial charge < -0.3 is 15.2 Å². The van der Waals surface area contributed by atoms with Crippen molar-refractivity contribution in [2.75, 3.05) is 0 Å². The number of nitrogens with one attached hydrogen (secondary N) is 1. The fraction of sp³-hybridized carbons (Fsp3) is 0.833. The molecule has 1 amide bonds. The first-order valence-electron chi connectivity index (χ1n) is 6.18. The summed E-state index contributed by atoms with van der Waals surface area (Å²) in [6.45, 7) is 4.60. The number of amides is 1. The molecular formula is C12H18F3NO4. The van der Waals surface area contributed by atoms with Crippen LogP contribution in [0, 0.1) is 5.41 Å². The number of alkyl carbamates (subject to hydrolysis) is 1. The lowest BCUT2D eigenvalue weighted by Gasteiger charge is -2.46. The predicted molar refractivity (Wildman–Crippen MR) is 63.1 cm³/mol. The summed E-state index contributed by atoms with van der Waals surface area (Å²) >= 11 is 0. The summed E-state index contributed by atoms with van der Waals surface area (Å²) in [6, 6.07) is -2.04. The third kappa shape index (κ3) is 3.34. The number of ether oxygens (including phenoxy) is 1. The van der Waals surface area contributed by atoms with Crippen LogP contribution in [0.15, 0.2) is 0 Å². The molecule has 20 heavy (non-hydrogen) atoms. The third-order valence-corrected chi connectivity index (χ3v) is 3.27. The van der Waals surface area contributed by atoms with Crippen molar-refractivity contribution in [2.45, 2.75) is 57.9 Å². The smallest absolute Gasteiger partial charge is 0.408 e. The Morgan fingerprint density at radius 3 is 2.00 bits per heavy atom. The molecule has 1 rings (SSSR count). The van der Waals surface area contributed by atoms with Gasteiger partial charge in [-0.25, -0.2) is 9.59 Å². The van der Waals surface area contributed by atoms with E-state index in [4.69, 9.17) is 9.84 Å². The first-order valence-corrected chi connectivity index (χ1v) is 6.18. The zero-order valence-electron chi connectivity index (χ0n) is 11.5. The van der Waals surface area contributed by atoms with Crippen LogP contribution >= 0.6 is 0 Å². The maximum atomic E-state index is 13.1. The second kappa shape index (κ2) is 5.14. The summed E-state index contributed by atoms with van der Waals surface area (Å²) in [5.41, 5.74) is -3.33. The van der Waals surface area contributed by atoms with Gasteiger partial charge in [0, 0.05) is 0 Å². The lowest BCUT2D eigenvalue weighted by Crippen LogP contribution is -2.62. The number of aliphatic carboxylic acids is 1. The molecule has 0 radical (unpaired) electrons. The zero-order chi connectivity index (χ0) is 15.8. The van der Waals surface area contributed by atoms with Gasteiger partial charge in [0.25, 0.3) is 0 Å². The third-order valence-electron chi connectivity index (χ3n) is 3.27. The van der Waals surface area contributed by atoms with Crippen molar-refractivity contribution >= 4 is 12.1 Å². The second-order valence-electron chi connectivity index (χ2n) is 5.92. The highest BCUT2D eigenvalue weighted by atomic mass is 19.4. The molecule has 0 aromatic carbocycles. The maximum Gasteiger partial charge on any atom is 0.408 e. The molecule has 0 heterocycles. The Morgan fingerprint density at radius 1 is 1.25 bits per heavy atom. The van der Waals surface area contributed by atoms with Gasteiger partial charge in [0.1, 0.15) is 11.6 Å². The largest absolute Gasteiger partial charge is 0.480 e. The van der Waals surface area contributed by atoms with Crippen LogP contribution < -0.4 is 5.32 Å². The van der Waals surface area contributed by atoms with Crippen molar-refractivity contribution in [2.24, 2.45) is 5.41 Å². The van der Waals surface area contributed by atoms with E-state index < -0.39 is 35.3 Å². The molecule has 0 saturated heterocycles. The van der Waals surface area contributed by atoms with Gasteiger partial charge >= 0.3 is 18.2 Å². The zero-order valence-corrected chi connectivity index (χ0v) is 11.5. The molecular weight excluding hydrogens is 279 g/mol. The molecule has 0 spiro atoms. The number of halogens is 3. The van der Waals surface area contributed by atoms with Gasteiger partial charge in [0.2, 0.25) is 0 Å². The van der Waals surface area contributed by atoms with Gasteiger partial charge in [-0.3, -0.25) is 0 Å². The number of hydrogen-bond donors (Lipinski definition) is 2. The molecule has 0 aromatic heterocycles. The van der Waals surface area contributed by atoms with Gasteiger partial charge in [-0.1, -0.05) is 6.42 Å². The molecule has 1 aliphatic rings. The van der Waals surface area contributed by atoms with Crippen molar-refractivity contribution in [3.63, 3.8) is 0 Å². The Hall–Kier alpha value is -1.47. The van der Waals surface area contributed by atoms with Crippen molar-refractivity contribution in [3.8, 4) is 0 Å². The van der Waals surface area contributed by atoms with E-state index in [2.05, 4.69) is 0 Å². The number of rotatable bonds is 3. The molecule has 2 N–H and O–H groups in total. The van der Waals surface area contributed by atoms with E-state index in [0.717, 1.165) is 0 Å². The molecule has 8 heteroatoms. The van der Waals surface area contributed by atoms with Crippen LogP contribution in [0.25, 0.3) is 0 Å². The molecule has 1 fully saturated rings. The van der Waals surface area contributed by atoms with Crippen molar-refractivity contribution in [1.29, 1.82) is 0 Å². The Balaban J connectivity index is 2.90. The van der Waals surface area contributed by atoms with Crippen LogP contribution in [0.2, 0.25) is 0 Å². The number of hydrogen-bond acceptors (Lipinski definition) is 3. The molecule has 5 nitrogen and oxygen atoms in total. The summed E-state index contributed by atoms with van der Waals surface area (Å²) in [5.74, 6) is -1.71. The molecule has 1 unspecified atom stereocenters. The minimum Gasteiger partial charge on any atom is -0.480 e. The van der Waals surface area contributed by atoms with E-state index in [1.165, 1.54) is 20.8 Å². The maximum absolute atomic E-state index is 13.1. The second-order valence-corrected chi connectivity index (χ2v) is 5.92. The van der Waals surface area contributed by atoms with E-state index >= 15 is 0 Å². The first kappa shape index (κ1) is 16.6.